The lowest BCUT2D eigenvalue weighted by atomic mass is 9.59. The fraction of sp³-hybridized carbons (Fsp3) is 0.259. The summed E-state index contributed by atoms with van der Waals surface area (Å²) in [6.45, 7) is 0.636. The summed E-state index contributed by atoms with van der Waals surface area (Å²) in [6.07, 6.45) is 2.23. The van der Waals surface area contributed by atoms with Gasteiger partial charge >= 0.3 is 6.03 Å². The van der Waals surface area contributed by atoms with E-state index in [1.807, 2.05) is 18.2 Å². The molecule has 5 nitrogen and oxygen atoms in total. The Labute approximate surface area is 187 Å². The highest BCUT2D eigenvalue weighted by Crippen LogP contribution is 2.55. The first-order valence-corrected chi connectivity index (χ1v) is 11.3. The average Bonchev–Trinajstić information content (AvgIpc) is 2.83. The van der Waals surface area contributed by atoms with Crippen molar-refractivity contribution in [3.63, 3.8) is 0 Å². The molecule has 4 aliphatic rings. The second-order valence-electron chi connectivity index (χ2n) is 9.04. The lowest BCUT2D eigenvalue weighted by Crippen LogP contribution is -2.40. The van der Waals surface area contributed by atoms with Crippen molar-refractivity contribution in [2.45, 2.75) is 31.1 Å². The van der Waals surface area contributed by atoms with E-state index in [1.54, 1.807) is 0 Å². The molecule has 3 N–H and O–H groups in total. The molecule has 2 bridgehead atoms. The molecule has 1 heterocycles. The number of hydrogen-bond donors (Lipinski definition) is 3. The topological polar surface area (TPSA) is 70.2 Å². The Morgan fingerprint density at radius 2 is 1.59 bits per heavy atom. The van der Waals surface area contributed by atoms with E-state index in [-0.39, 0.29) is 11.9 Å². The van der Waals surface area contributed by atoms with Gasteiger partial charge in [-0.1, -0.05) is 48.5 Å². The van der Waals surface area contributed by atoms with Crippen molar-refractivity contribution in [3.05, 3.63) is 94.5 Å². The molecule has 32 heavy (non-hydrogen) atoms. The van der Waals surface area contributed by atoms with Crippen LogP contribution in [0.4, 0.5) is 16.2 Å². The van der Waals surface area contributed by atoms with E-state index in [0.717, 1.165) is 23.4 Å². The van der Waals surface area contributed by atoms with Gasteiger partial charge in [0.1, 0.15) is 0 Å². The average molecular weight is 424 g/mol. The van der Waals surface area contributed by atoms with Crippen LogP contribution >= 0.6 is 0 Å². The molecular formula is C27H25N3O2. The summed E-state index contributed by atoms with van der Waals surface area (Å²) in [5.74, 6) is 1.13. The zero-order valence-electron chi connectivity index (χ0n) is 17.7. The fourth-order valence-electron chi connectivity index (χ4n) is 5.82. The summed E-state index contributed by atoms with van der Waals surface area (Å²) in [5, 5.41) is 8.95. The molecule has 1 aliphatic heterocycles. The Morgan fingerprint density at radius 3 is 2.31 bits per heavy atom. The minimum Gasteiger partial charge on any atom is -0.338 e. The Kier molecular flexibility index (Phi) is 4.49. The fourth-order valence-corrected chi connectivity index (χ4v) is 5.82. The highest BCUT2D eigenvalue weighted by Gasteiger charge is 2.42. The van der Waals surface area contributed by atoms with Crippen LogP contribution in [0, 0.1) is 5.92 Å². The number of rotatable bonds is 3. The molecule has 0 aromatic heterocycles. The standard InChI is InChI=1S/C27H25N3O2/c31-25-12-9-16-13-18(10-11-24(16)30-25)29-27(32)28-15-17-14-23-19-5-1-3-7-21(19)26(17)22-8-4-2-6-20(22)23/h1-8,10-11,13,17,23,26H,9,12,14-15H2,(H,30,31)(H2,28,29,32). The monoisotopic (exact) mass is 423 g/mol. The van der Waals surface area contributed by atoms with E-state index >= 15 is 0 Å². The first kappa shape index (κ1) is 19.1. The van der Waals surface area contributed by atoms with Crippen LogP contribution in [0.1, 0.15) is 52.5 Å². The van der Waals surface area contributed by atoms with E-state index in [0.29, 0.717) is 37.1 Å². The first-order valence-electron chi connectivity index (χ1n) is 11.3. The molecule has 5 heteroatoms. The smallest absolute Gasteiger partial charge is 0.319 e. The molecule has 1 atom stereocenters. The van der Waals surface area contributed by atoms with Crippen molar-refractivity contribution in [1.82, 2.24) is 5.32 Å². The third-order valence-corrected chi connectivity index (χ3v) is 7.21. The molecule has 3 amide bonds. The van der Waals surface area contributed by atoms with Crippen molar-refractivity contribution >= 4 is 23.3 Å². The largest absolute Gasteiger partial charge is 0.338 e. The minimum atomic E-state index is -0.187. The molecule has 0 saturated heterocycles. The van der Waals surface area contributed by atoms with Gasteiger partial charge in [0.15, 0.2) is 0 Å². The van der Waals surface area contributed by atoms with Crippen molar-refractivity contribution in [3.8, 4) is 0 Å². The SMILES string of the molecule is O=C1CCc2cc(NC(=O)NCC3CC4c5ccccc5C3c3ccccc34)ccc2N1. The summed E-state index contributed by atoms with van der Waals surface area (Å²) < 4.78 is 0. The number of hydrogen-bond acceptors (Lipinski definition) is 2. The summed E-state index contributed by atoms with van der Waals surface area (Å²) in [6, 6.07) is 23.0. The second kappa shape index (κ2) is 7.52. The van der Waals surface area contributed by atoms with Crippen LogP contribution in [0.25, 0.3) is 0 Å². The number of benzene rings is 3. The first-order chi connectivity index (χ1) is 15.7. The van der Waals surface area contributed by atoms with Crippen LogP contribution in [0.3, 0.4) is 0 Å². The van der Waals surface area contributed by atoms with Crippen LogP contribution in [0.15, 0.2) is 66.7 Å². The van der Waals surface area contributed by atoms with Crippen molar-refractivity contribution in [1.29, 1.82) is 0 Å². The number of carbonyl (C=O) groups is 2. The molecule has 0 fully saturated rings. The number of nitrogens with one attached hydrogen (secondary N) is 3. The minimum absolute atomic E-state index is 0.0425. The van der Waals surface area contributed by atoms with Gasteiger partial charge in [0, 0.05) is 36.2 Å². The third kappa shape index (κ3) is 3.16. The second-order valence-corrected chi connectivity index (χ2v) is 9.04. The normalized spacial score (nSPS) is 22.2. The molecule has 0 spiro atoms. The highest BCUT2D eigenvalue weighted by molar-refractivity contribution is 5.95. The van der Waals surface area contributed by atoms with Crippen LogP contribution in [0.5, 0.6) is 0 Å². The van der Waals surface area contributed by atoms with Crippen molar-refractivity contribution in [2.24, 2.45) is 5.92 Å². The van der Waals surface area contributed by atoms with Gasteiger partial charge in [-0.05, 0) is 64.8 Å². The third-order valence-electron chi connectivity index (χ3n) is 7.21. The number of carbonyl (C=O) groups excluding carboxylic acids is 2. The van der Waals surface area contributed by atoms with Gasteiger partial charge < -0.3 is 16.0 Å². The highest BCUT2D eigenvalue weighted by atomic mass is 16.2. The molecule has 0 saturated carbocycles. The molecule has 3 aliphatic carbocycles. The van der Waals surface area contributed by atoms with E-state index in [9.17, 15) is 9.59 Å². The Morgan fingerprint density at radius 1 is 0.906 bits per heavy atom. The Bertz CT molecular complexity index is 1190. The lowest BCUT2D eigenvalue weighted by molar-refractivity contribution is -0.116. The maximum atomic E-state index is 12.7. The van der Waals surface area contributed by atoms with Crippen molar-refractivity contribution < 1.29 is 9.59 Å². The zero-order valence-corrected chi connectivity index (χ0v) is 17.7. The van der Waals surface area contributed by atoms with Crippen LogP contribution in [-0.4, -0.2) is 18.5 Å². The summed E-state index contributed by atoms with van der Waals surface area (Å²) in [5.41, 5.74) is 8.34. The number of aryl methyl sites for hydroxylation is 1. The molecule has 160 valence electrons. The maximum absolute atomic E-state index is 12.7. The number of amides is 3. The predicted octanol–water partition coefficient (Wildman–Crippen LogP) is 4.99. The molecule has 1 unspecified atom stereocenters. The van der Waals surface area contributed by atoms with Gasteiger partial charge in [-0.15, -0.1) is 0 Å². The van der Waals surface area contributed by atoms with E-state index in [4.69, 9.17) is 0 Å². The maximum Gasteiger partial charge on any atom is 0.319 e. The quantitative estimate of drug-likeness (QED) is 0.555. The van der Waals surface area contributed by atoms with Gasteiger partial charge in [0.05, 0.1) is 0 Å². The lowest BCUT2D eigenvalue weighted by Gasteiger charge is -2.45. The predicted molar refractivity (Wildman–Crippen MR) is 125 cm³/mol. The van der Waals surface area contributed by atoms with Crippen LogP contribution < -0.4 is 16.0 Å². The van der Waals surface area contributed by atoms with Crippen LogP contribution in [0.2, 0.25) is 0 Å². The van der Waals surface area contributed by atoms with Gasteiger partial charge in [-0.3, -0.25) is 4.79 Å². The van der Waals surface area contributed by atoms with E-state index in [2.05, 4.69) is 64.5 Å². The summed E-state index contributed by atoms with van der Waals surface area (Å²) in [7, 11) is 0. The molecular weight excluding hydrogens is 398 g/mol. The number of fused-ring (bicyclic) bond motifs is 2. The van der Waals surface area contributed by atoms with E-state index < -0.39 is 0 Å². The number of urea groups is 1. The zero-order chi connectivity index (χ0) is 21.7. The molecule has 0 radical (unpaired) electrons. The van der Waals surface area contributed by atoms with Crippen molar-refractivity contribution in [2.75, 3.05) is 17.2 Å². The summed E-state index contributed by atoms with van der Waals surface area (Å²) >= 11 is 0. The molecule has 3 aromatic rings. The van der Waals surface area contributed by atoms with Gasteiger partial charge in [-0.2, -0.15) is 0 Å². The van der Waals surface area contributed by atoms with Gasteiger partial charge in [0.2, 0.25) is 5.91 Å². The molecule has 3 aromatic carbocycles. The van der Waals surface area contributed by atoms with E-state index in [1.165, 1.54) is 22.3 Å². The van der Waals surface area contributed by atoms with Gasteiger partial charge in [0.25, 0.3) is 0 Å². The van der Waals surface area contributed by atoms with Crippen LogP contribution in [-0.2, 0) is 11.2 Å². The summed E-state index contributed by atoms with van der Waals surface area (Å²) in [4.78, 5) is 24.2. The Balaban J connectivity index is 1.17. The number of anilines is 2. The van der Waals surface area contributed by atoms with Gasteiger partial charge in [-0.25, -0.2) is 4.79 Å². The Hall–Kier alpha value is -3.60. The molecule has 7 rings (SSSR count).